The van der Waals surface area contributed by atoms with E-state index < -0.39 is 17.3 Å². The highest BCUT2D eigenvalue weighted by Crippen LogP contribution is 2.31. The molecule has 0 amide bonds. The quantitative estimate of drug-likeness (QED) is 0.745. The summed E-state index contributed by atoms with van der Waals surface area (Å²) in [6.07, 6.45) is -4.28. The van der Waals surface area contributed by atoms with Crippen LogP contribution in [-0.4, -0.2) is 13.1 Å². The molecule has 1 fully saturated rings. The highest BCUT2D eigenvalue weighted by Gasteiger charge is 2.35. The lowest BCUT2D eigenvalue weighted by Gasteiger charge is -2.39. The van der Waals surface area contributed by atoms with E-state index in [0.29, 0.717) is 13.1 Å². The van der Waals surface area contributed by atoms with Gasteiger partial charge >= 0.3 is 6.18 Å². The standard InChI is InChI=1S/C10H11F3N2/c11-10(12,13)8-3-1-7(2-4-8)9(14)5-15-6-9/h1-4,15H,5-6,14H2. The van der Waals surface area contributed by atoms with Crippen LogP contribution in [0, 0.1) is 0 Å². The van der Waals surface area contributed by atoms with Crippen molar-refractivity contribution in [1.82, 2.24) is 5.32 Å². The van der Waals surface area contributed by atoms with Crippen molar-refractivity contribution < 1.29 is 13.2 Å². The largest absolute Gasteiger partial charge is 0.416 e. The first-order valence-electron chi connectivity index (χ1n) is 4.59. The fourth-order valence-corrected chi connectivity index (χ4v) is 1.59. The molecule has 1 aromatic rings. The average Bonchev–Trinajstić information content (AvgIpc) is 2.13. The molecule has 0 unspecified atom stereocenters. The third-order valence-corrected chi connectivity index (χ3v) is 2.67. The molecule has 1 heterocycles. The van der Waals surface area contributed by atoms with Crippen LogP contribution in [0.3, 0.4) is 0 Å². The molecule has 5 heteroatoms. The highest BCUT2D eigenvalue weighted by atomic mass is 19.4. The minimum absolute atomic E-state index is 0.496. The Labute approximate surface area is 85.3 Å². The van der Waals surface area contributed by atoms with Crippen LogP contribution in [0.25, 0.3) is 0 Å². The van der Waals surface area contributed by atoms with E-state index in [0.717, 1.165) is 17.7 Å². The lowest BCUT2D eigenvalue weighted by molar-refractivity contribution is -0.137. The first kappa shape index (κ1) is 10.4. The van der Waals surface area contributed by atoms with E-state index in [1.807, 2.05) is 0 Å². The monoisotopic (exact) mass is 216 g/mol. The summed E-state index contributed by atoms with van der Waals surface area (Å²) in [7, 11) is 0. The first-order valence-corrected chi connectivity index (χ1v) is 4.59. The number of nitrogens with two attached hydrogens (primary N) is 1. The van der Waals surface area contributed by atoms with Crippen LogP contribution in [0.1, 0.15) is 11.1 Å². The Balaban J connectivity index is 2.24. The summed E-state index contributed by atoms with van der Waals surface area (Å²) in [6.45, 7) is 1.22. The summed E-state index contributed by atoms with van der Waals surface area (Å²) >= 11 is 0. The first-order chi connectivity index (χ1) is 6.92. The van der Waals surface area contributed by atoms with Gasteiger partial charge in [0.2, 0.25) is 0 Å². The van der Waals surface area contributed by atoms with E-state index in [2.05, 4.69) is 5.32 Å². The normalized spacial score (nSPS) is 19.7. The molecule has 0 radical (unpaired) electrons. The van der Waals surface area contributed by atoms with Crippen molar-refractivity contribution in [2.24, 2.45) is 5.73 Å². The van der Waals surface area contributed by atoms with Crippen LogP contribution >= 0.6 is 0 Å². The molecule has 1 aliphatic rings. The highest BCUT2D eigenvalue weighted by molar-refractivity contribution is 5.32. The van der Waals surface area contributed by atoms with Crippen molar-refractivity contribution in [2.45, 2.75) is 11.7 Å². The van der Waals surface area contributed by atoms with Gasteiger partial charge in [0.1, 0.15) is 0 Å². The second-order valence-corrected chi connectivity index (χ2v) is 3.83. The Morgan fingerprint density at radius 1 is 1.13 bits per heavy atom. The smallest absolute Gasteiger partial charge is 0.319 e. The molecule has 15 heavy (non-hydrogen) atoms. The molecule has 2 rings (SSSR count). The summed E-state index contributed by atoms with van der Waals surface area (Å²) in [5.74, 6) is 0. The van der Waals surface area contributed by atoms with Crippen LogP contribution in [0.2, 0.25) is 0 Å². The number of nitrogens with one attached hydrogen (secondary N) is 1. The Kier molecular flexibility index (Phi) is 2.24. The van der Waals surface area contributed by atoms with E-state index in [9.17, 15) is 13.2 Å². The van der Waals surface area contributed by atoms with Crippen molar-refractivity contribution in [1.29, 1.82) is 0 Å². The maximum absolute atomic E-state index is 12.3. The molecule has 0 spiro atoms. The van der Waals surface area contributed by atoms with Crippen LogP contribution in [0.15, 0.2) is 24.3 Å². The molecule has 0 bridgehead atoms. The van der Waals surface area contributed by atoms with Gasteiger partial charge in [-0.2, -0.15) is 13.2 Å². The van der Waals surface area contributed by atoms with Gasteiger partial charge in [0.25, 0.3) is 0 Å². The summed E-state index contributed by atoms with van der Waals surface area (Å²) in [6, 6.07) is 5.04. The van der Waals surface area contributed by atoms with Gasteiger partial charge in [-0.25, -0.2) is 0 Å². The van der Waals surface area contributed by atoms with E-state index in [1.54, 1.807) is 0 Å². The molecule has 0 aromatic heterocycles. The molecule has 0 saturated carbocycles. The van der Waals surface area contributed by atoms with Gasteiger partial charge in [0.15, 0.2) is 0 Å². The Bertz CT molecular complexity index is 352. The second kappa shape index (κ2) is 3.21. The molecule has 2 nitrogen and oxygen atoms in total. The second-order valence-electron chi connectivity index (χ2n) is 3.83. The van der Waals surface area contributed by atoms with Crippen molar-refractivity contribution in [3.63, 3.8) is 0 Å². The predicted molar refractivity (Wildman–Crippen MR) is 50.2 cm³/mol. The zero-order valence-corrected chi connectivity index (χ0v) is 7.93. The lowest BCUT2D eigenvalue weighted by atomic mass is 9.85. The van der Waals surface area contributed by atoms with Crippen LogP contribution in [0.4, 0.5) is 13.2 Å². The molecule has 0 aliphatic carbocycles. The predicted octanol–water partition coefficient (Wildman–Crippen LogP) is 1.46. The van der Waals surface area contributed by atoms with Gasteiger partial charge in [0, 0.05) is 13.1 Å². The molecule has 82 valence electrons. The maximum Gasteiger partial charge on any atom is 0.416 e. The molecule has 1 saturated heterocycles. The lowest BCUT2D eigenvalue weighted by Crippen LogP contribution is -2.62. The SMILES string of the molecule is NC1(c2ccc(C(F)(F)F)cc2)CNC1. The molecular formula is C10H11F3N2. The summed E-state index contributed by atoms with van der Waals surface area (Å²) < 4.78 is 36.8. The van der Waals surface area contributed by atoms with Gasteiger partial charge in [-0.05, 0) is 17.7 Å². The zero-order chi connectivity index (χ0) is 11.1. The van der Waals surface area contributed by atoms with E-state index >= 15 is 0 Å². The van der Waals surface area contributed by atoms with Gasteiger partial charge in [-0.1, -0.05) is 12.1 Å². The van der Waals surface area contributed by atoms with Crippen molar-refractivity contribution in [2.75, 3.05) is 13.1 Å². The van der Waals surface area contributed by atoms with E-state index in [-0.39, 0.29) is 0 Å². The molecule has 1 aliphatic heterocycles. The van der Waals surface area contributed by atoms with Crippen LogP contribution in [-0.2, 0) is 11.7 Å². The van der Waals surface area contributed by atoms with Gasteiger partial charge < -0.3 is 11.1 Å². The molecule has 1 aromatic carbocycles. The Morgan fingerprint density at radius 3 is 2.00 bits per heavy atom. The fourth-order valence-electron chi connectivity index (χ4n) is 1.59. The molecular weight excluding hydrogens is 205 g/mol. The average molecular weight is 216 g/mol. The zero-order valence-electron chi connectivity index (χ0n) is 7.93. The number of halogens is 3. The fraction of sp³-hybridized carbons (Fsp3) is 0.400. The summed E-state index contributed by atoms with van der Waals surface area (Å²) in [5, 5.41) is 3.00. The number of hydrogen-bond acceptors (Lipinski definition) is 2. The Morgan fingerprint density at radius 2 is 1.67 bits per heavy atom. The number of hydrogen-bond donors (Lipinski definition) is 2. The van der Waals surface area contributed by atoms with Gasteiger partial charge in [-0.15, -0.1) is 0 Å². The van der Waals surface area contributed by atoms with Crippen molar-refractivity contribution in [3.8, 4) is 0 Å². The summed E-state index contributed by atoms with van der Waals surface area (Å²) in [5.41, 5.74) is 5.55. The van der Waals surface area contributed by atoms with Gasteiger partial charge in [-0.3, -0.25) is 0 Å². The van der Waals surface area contributed by atoms with Crippen molar-refractivity contribution in [3.05, 3.63) is 35.4 Å². The number of benzene rings is 1. The number of alkyl halides is 3. The summed E-state index contributed by atoms with van der Waals surface area (Å²) in [4.78, 5) is 0. The van der Waals surface area contributed by atoms with Crippen LogP contribution in [0.5, 0.6) is 0 Å². The van der Waals surface area contributed by atoms with E-state index in [1.165, 1.54) is 12.1 Å². The third kappa shape index (κ3) is 1.85. The van der Waals surface area contributed by atoms with Crippen LogP contribution < -0.4 is 11.1 Å². The third-order valence-electron chi connectivity index (χ3n) is 2.67. The minimum Gasteiger partial charge on any atom is -0.319 e. The van der Waals surface area contributed by atoms with Gasteiger partial charge in [0.05, 0.1) is 11.1 Å². The number of rotatable bonds is 1. The minimum atomic E-state index is -4.28. The Hall–Kier alpha value is -1.07. The van der Waals surface area contributed by atoms with E-state index in [4.69, 9.17) is 5.73 Å². The molecule has 0 atom stereocenters. The maximum atomic E-state index is 12.3. The topological polar surface area (TPSA) is 38.0 Å². The van der Waals surface area contributed by atoms with Crippen molar-refractivity contribution >= 4 is 0 Å². The molecule has 3 N–H and O–H groups in total.